The molecule has 6 heteroatoms. The van der Waals surface area contributed by atoms with Gasteiger partial charge < -0.3 is 15.0 Å². The van der Waals surface area contributed by atoms with E-state index in [4.69, 9.17) is 15.0 Å². The molecule has 8 bridgehead atoms. The number of hydrogen-bond acceptors (Lipinski definition) is 3. The Morgan fingerprint density at radius 1 is 0.491 bits per heavy atom. The number of aliphatic imine (C=N–C) groups is 3. The zero-order valence-corrected chi connectivity index (χ0v) is 34.3. The smallest absolute Gasteiger partial charge is 0.0910 e. The van der Waals surface area contributed by atoms with Crippen LogP contribution in [0.5, 0.6) is 0 Å². The van der Waals surface area contributed by atoms with E-state index in [1.807, 2.05) is 12.4 Å². The molecule has 7 aromatic rings. The molecule has 6 nitrogen and oxygen atoms in total. The van der Waals surface area contributed by atoms with Crippen LogP contribution in [0, 0.1) is 20.8 Å². The van der Waals surface area contributed by atoms with Gasteiger partial charge in [-0.3, -0.25) is 9.98 Å². The van der Waals surface area contributed by atoms with Crippen molar-refractivity contribution in [3.8, 4) is 22.5 Å². The minimum Gasteiger partial charge on any atom is -0.353 e. The Morgan fingerprint density at radius 3 is 1.46 bits per heavy atom. The first-order chi connectivity index (χ1) is 27.8. The molecule has 0 atom stereocenters. The van der Waals surface area contributed by atoms with Gasteiger partial charge in [0.15, 0.2) is 0 Å². The third-order valence-electron chi connectivity index (χ3n) is 12.5. The molecule has 2 aliphatic heterocycles. The lowest BCUT2D eigenvalue weighted by molar-refractivity contribution is 1.10. The summed E-state index contributed by atoms with van der Waals surface area (Å²) in [6.45, 7) is 17.9. The van der Waals surface area contributed by atoms with Crippen molar-refractivity contribution in [2.45, 2.75) is 81.1 Å². The fourth-order valence-electron chi connectivity index (χ4n) is 9.37. The zero-order chi connectivity index (χ0) is 39.5. The van der Waals surface area contributed by atoms with Gasteiger partial charge in [0.2, 0.25) is 0 Å². The van der Waals surface area contributed by atoms with E-state index in [1.54, 1.807) is 0 Å². The van der Waals surface area contributed by atoms with Gasteiger partial charge in [-0.25, -0.2) is 4.99 Å². The average molecular weight is 747 g/mol. The maximum Gasteiger partial charge on any atom is 0.0910 e. The highest BCUT2D eigenvalue weighted by molar-refractivity contribution is 6.17. The zero-order valence-electron chi connectivity index (χ0n) is 34.3. The summed E-state index contributed by atoms with van der Waals surface area (Å²) < 4.78 is 0. The Bertz CT molecular complexity index is 2930. The average Bonchev–Trinajstić information content (AvgIpc) is 3.93. The van der Waals surface area contributed by atoms with Gasteiger partial charge in [-0.2, -0.15) is 0 Å². The first-order valence-electron chi connectivity index (χ1n) is 20.5. The maximum absolute atomic E-state index is 5.42. The lowest BCUT2D eigenvalue weighted by Gasteiger charge is -2.16. The van der Waals surface area contributed by atoms with E-state index >= 15 is 0 Å². The quantitative estimate of drug-likeness (QED) is 0.160. The van der Waals surface area contributed by atoms with Crippen molar-refractivity contribution >= 4 is 57.1 Å². The summed E-state index contributed by atoms with van der Waals surface area (Å²) in [6, 6.07) is 25.9. The maximum atomic E-state index is 5.42. The number of aromatic nitrogens is 3. The Morgan fingerprint density at radius 2 is 0.947 bits per heavy atom. The number of hydrogen-bond donors (Lipinski definition) is 3. The molecule has 2 aliphatic rings. The second-order valence-electron chi connectivity index (χ2n) is 15.4. The molecular formula is C51H50N6. The number of nitrogens with one attached hydrogen (secondary N) is 3. The monoisotopic (exact) mass is 746 g/mol. The molecule has 0 aliphatic carbocycles. The highest BCUT2D eigenvalue weighted by atomic mass is 14.9. The van der Waals surface area contributed by atoms with Gasteiger partial charge in [0, 0.05) is 16.8 Å². The molecule has 0 unspecified atom stereocenters. The fourth-order valence-corrected chi connectivity index (χ4v) is 9.37. The summed E-state index contributed by atoms with van der Waals surface area (Å²) in [4.78, 5) is 27.7. The van der Waals surface area contributed by atoms with Crippen LogP contribution in [-0.2, 0) is 19.3 Å². The normalized spacial score (nSPS) is 14.8. The molecule has 0 saturated carbocycles. The third-order valence-corrected chi connectivity index (χ3v) is 12.5. The van der Waals surface area contributed by atoms with E-state index in [0.717, 1.165) is 115 Å². The van der Waals surface area contributed by atoms with Gasteiger partial charge >= 0.3 is 0 Å². The second kappa shape index (κ2) is 14.3. The van der Waals surface area contributed by atoms with Gasteiger partial charge in [-0.1, -0.05) is 88.4 Å². The molecule has 0 spiro atoms. The van der Waals surface area contributed by atoms with Gasteiger partial charge in [0.1, 0.15) is 0 Å². The van der Waals surface area contributed by atoms with E-state index in [0.29, 0.717) is 0 Å². The predicted octanol–water partition coefficient (Wildman–Crippen LogP) is 13.3. The molecule has 0 radical (unpaired) electrons. The Balaban J connectivity index is 1.39. The third kappa shape index (κ3) is 5.80. The van der Waals surface area contributed by atoms with Crippen LogP contribution in [0.3, 0.4) is 0 Å². The van der Waals surface area contributed by atoms with Crippen LogP contribution in [-0.4, -0.2) is 33.1 Å². The summed E-state index contributed by atoms with van der Waals surface area (Å²) in [6.07, 6.45) is 9.88. The molecule has 0 saturated heterocycles. The topological polar surface area (TPSA) is 84.5 Å². The largest absolute Gasteiger partial charge is 0.353 e. The van der Waals surface area contributed by atoms with Crippen molar-refractivity contribution in [1.29, 1.82) is 0 Å². The van der Waals surface area contributed by atoms with E-state index in [-0.39, 0.29) is 0 Å². The van der Waals surface area contributed by atoms with Crippen molar-refractivity contribution < 1.29 is 0 Å². The number of nitrogens with zero attached hydrogens (tertiary/aromatic N) is 3. The lowest BCUT2D eigenvalue weighted by Crippen LogP contribution is -2.06. The van der Waals surface area contributed by atoms with E-state index in [9.17, 15) is 0 Å². The first kappa shape index (κ1) is 36.4. The first-order valence-corrected chi connectivity index (χ1v) is 20.5. The number of H-pyrrole nitrogens is 3. The van der Waals surface area contributed by atoms with Crippen molar-refractivity contribution in [3.63, 3.8) is 0 Å². The fraction of sp³-hybridized carbons (Fsp3) is 0.235. The minimum absolute atomic E-state index is 0.883. The summed E-state index contributed by atoms with van der Waals surface area (Å²) in [5.74, 6) is 0. The van der Waals surface area contributed by atoms with Crippen LogP contribution >= 0.6 is 0 Å². The molecule has 3 N–H and O–H groups in total. The lowest BCUT2D eigenvalue weighted by atomic mass is 9.91. The number of aromatic amines is 3. The Labute approximate surface area is 335 Å². The highest BCUT2D eigenvalue weighted by Crippen LogP contribution is 2.46. The van der Waals surface area contributed by atoms with Crippen LogP contribution in [0.4, 0.5) is 11.4 Å². The van der Waals surface area contributed by atoms with Gasteiger partial charge in [-0.05, 0) is 138 Å². The van der Waals surface area contributed by atoms with Crippen molar-refractivity contribution in [1.82, 2.24) is 15.0 Å². The molecule has 9 rings (SSSR count). The number of fused-ring (bicyclic) bond motifs is 16. The predicted molar refractivity (Wildman–Crippen MR) is 243 cm³/mol. The molecule has 57 heavy (non-hydrogen) atoms. The van der Waals surface area contributed by atoms with Gasteiger partial charge in [-0.15, -0.1) is 0 Å². The molecule has 5 heterocycles. The molecular weight excluding hydrogens is 697 g/mol. The van der Waals surface area contributed by atoms with Gasteiger partial charge in [0.05, 0.1) is 63.7 Å². The van der Waals surface area contributed by atoms with Crippen LogP contribution in [0.15, 0.2) is 105 Å². The Kier molecular flexibility index (Phi) is 9.15. The van der Waals surface area contributed by atoms with Crippen LogP contribution < -0.4 is 0 Å². The van der Waals surface area contributed by atoms with E-state index in [1.165, 1.54) is 44.5 Å². The second-order valence-corrected chi connectivity index (χ2v) is 15.4. The molecule has 3 aromatic heterocycles. The van der Waals surface area contributed by atoms with E-state index < -0.39 is 0 Å². The SMILES string of the molecule is CCC1=C(C)/C2=C/c3[nH]c(c(CC)c3C)-c3[nH]c(c(C)c3CC)C=Nc3ccc4ccccc4c3-c3c(ccc4ccccc34)N=Cc3[nH]c(c(CC)c3C)C1=N2. The number of allylic oxidation sites excluding steroid dienone is 2. The van der Waals surface area contributed by atoms with Gasteiger partial charge in [0.25, 0.3) is 0 Å². The summed E-state index contributed by atoms with van der Waals surface area (Å²) in [5, 5.41) is 4.60. The van der Waals surface area contributed by atoms with E-state index in [2.05, 4.69) is 149 Å². The van der Waals surface area contributed by atoms with Crippen molar-refractivity contribution in [3.05, 3.63) is 146 Å². The highest BCUT2D eigenvalue weighted by Gasteiger charge is 2.27. The summed E-state index contributed by atoms with van der Waals surface area (Å²) in [7, 11) is 0. The van der Waals surface area contributed by atoms with Crippen molar-refractivity contribution in [2.24, 2.45) is 15.0 Å². The van der Waals surface area contributed by atoms with Crippen LogP contribution in [0.2, 0.25) is 0 Å². The summed E-state index contributed by atoms with van der Waals surface area (Å²) >= 11 is 0. The number of rotatable bonds is 4. The van der Waals surface area contributed by atoms with Crippen LogP contribution in [0.1, 0.15) is 97.2 Å². The Hall–Kier alpha value is -6.27. The molecule has 0 amide bonds. The van der Waals surface area contributed by atoms with Crippen LogP contribution in [0.25, 0.3) is 50.1 Å². The molecule has 0 fully saturated rings. The molecule has 4 aromatic carbocycles. The standard InChI is InChI=1S/C51H50N6/c1-9-34-28(5)42-25-43-29(6)35(10-2)49(55-43)51-37(12-4)31(8)45(57-51)27-53-41-24-22-33-18-14-16-20-39(33)47(41)46-38-19-15-13-17-32(38)21-23-40(46)52-26-44-30(7)36(11-3)50(56-44)48(34)54-42/h13-27,54,56-57H,9-12H2,1-8H3/b42-25?,43-25-,44-26?,45-27?,47-46?,50-48?,51-49?,52-26?,52-40?,53-27?,53-41?. The summed E-state index contributed by atoms with van der Waals surface area (Å²) in [5.41, 5.74) is 22.5. The van der Waals surface area contributed by atoms with Crippen molar-refractivity contribution in [2.75, 3.05) is 0 Å². The number of benzene rings is 4. The minimum atomic E-state index is 0.883. The molecule has 284 valence electrons.